The van der Waals surface area contributed by atoms with E-state index < -0.39 is 0 Å². The third-order valence-corrected chi connectivity index (χ3v) is 6.08. The van der Waals surface area contributed by atoms with Crippen LogP contribution in [0.2, 0.25) is 0 Å². The van der Waals surface area contributed by atoms with Gasteiger partial charge in [0.05, 0.1) is 19.9 Å². The van der Waals surface area contributed by atoms with Gasteiger partial charge in [0.2, 0.25) is 0 Å². The van der Waals surface area contributed by atoms with Crippen molar-refractivity contribution >= 4 is 0 Å². The molecule has 1 aromatic carbocycles. The molecule has 4 rings (SSSR count). The van der Waals surface area contributed by atoms with Crippen LogP contribution in [-0.4, -0.2) is 37.9 Å². The molecule has 5 nitrogen and oxygen atoms in total. The number of methoxy groups -OCH3 is 1. The Kier molecular flexibility index (Phi) is 6.13. The lowest BCUT2D eigenvalue weighted by molar-refractivity contribution is 0.114. The molecule has 28 heavy (non-hydrogen) atoms. The number of benzene rings is 1. The molecule has 5 heteroatoms. The molecule has 2 heterocycles. The fraction of sp³-hybridized carbons (Fsp3) is 0.522. The third-order valence-electron chi connectivity index (χ3n) is 6.08. The van der Waals surface area contributed by atoms with Crippen LogP contribution in [0.15, 0.2) is 42.7 Å². The Balaban J connectivity index is 1.21. The summed E-state index contributed by atoms with van der Waals surface area (Å²) < 4.78 is 17.0. The standard InChI is InChI=1S/C23H30N2O3/c1-16-22(8-10-27-14-17-3-5-20(26-2)6-4-17)23(16)18-11-21(13-24-12-18)28-15-19-7-9-25-19/h3-6,11-13,16,19,22-23,25H,7-10,14-15H2,1-2H3/t16-,19-,22-,23+/m0/s1. The Morgan fingerprint density at radius 2 is 1.96 bits per heavy atom. The summed E-state index contributed by atoms with van der Waals surface area (Å²) in [7, 11) is 1.68. The molecule has 0 amide bonds. The molecule has 0 bridgehead atoms. The number of pyridine rings is 1. The molecule has 1 aliphatic carbocycles. The number of hydrogen-bond donors (Lipinski definition) is 1. The van der Waals surface area contributed by atoms with Gasteiger partial charge >= 0.3 is 0 Å². The maximum absolute atomic E-state index is 5.90. The van der Waals surface area contributed by atoms with E-state index in [1.54, 1.807) is 7.11 Å². The van der Waals surface area contributed by atoms with E-state index in [2.05, 4.69) is 35.4 Å². The van der Waals surface area contributed by atoms with E-state index in [4.69, 9.17) is 14.2 Å². The summed E-state index contributed by atoms with van der Waals surface area (Å²) in [6.45, 7) is 5.59. The van der Waals surface area contributed by atoms with Crippen molar-refractivity contribution in [3.05, 3.63) is 53.9 Å². The van der Waals surface area contributed by atoms with Gasteiger partial charge in [-0.2, -0.15) is 0 Å². The van der Waals surface area contributed by atoms with Crippen LogP contribution in [0.4, 0.5) is 0 Å². The van der Waals surface area contributed by atoms with Crippen molar-refractivity contribution in [1.29, 1.82) is 0 Å². The summed E-state index contributed by atoms with van der Waals surface area (Å²) >= 11 is 0. The first-order valence-electron chi connectivity index (χ1n) is 10.3. The van der Waals surface area contributed by atoms with Gasteiger partial charge in [0.25, 0.3) is 0 Å². The molecule has 2 fully saturated rings. The highest BCUT2D eigenvalue weighted by molar-refractivity contribution is 5.32. The Labute approximate surface area is 167 Å². The second-order valence-corrected chi connectivity index (χ2v) is 7.94. The summed E-state index contributed by atoms with van der Waals surface area (Å²) in [4.78, 5) is 4.40. The molecule has 1 saturated carbocycles. The van der Waals surface area contributed by atoms with Gasteiger partial charge in [-0.3, -0.25) is 4.98 Å². The van der Waals surface area contributed by atoms with Gasteiger partial charge in [-0.1, -0.05) is 19.1 Å². The second-order valence-electron chi connectivity index (χ2n) is 7.94. The molecule has 0 spiro atoms. The zero-order chi connectivity index (χ0) is 19.3. The number of hydrogen-bond acceptors (Lipinski definition) is 5. The van der Waals surface area contributed by atoms with Gasteiger partial charge in [0.15, 0.2) is 0 Å². The minimum Gasteiger partial charge on any atom is -0.497 e. The molecular formula is C23H30N2O3. The van der Waals surface area contributed by atoms with Gasteiger partial charge in [0, 0.05) is 18.8 Å². The Hall–Kier alpha value is -2.11. The molecule has 1 aromatic heterocycles. The summed E-state index contributed by atoms with van der Waals surface area (Å²) in [6.07, 6.45) is 6.10. The number of ether oxygens (including phenoxy) is 3. The highest BCUT2D eigenvalue weighted by Crippen LogP contribution is 2.55. The van der Waals surface area contributed by atoms with Gasteiger partial charge < -0.3 is 19.5 Å². The smallest absolute Gasteiger partial charge is 0.137 e. The molecule has 1 N–H and O–H groups in total. The van der Waals surface area contributed by atoms with E-state index in [9.17, 15) is 0 Å². The van der Waals surface area contributed by atoms with E-state index in [-0.39, 0.29) is 0 Å². The van der Waals surface area contributed by atoms with Gasteiger partial charge in [-0.05, 0) is 66.5 Å². The van der Waals surface area contributed by atoms with Crippen molar-refractivity contribution < 1.29 is 14.2 Å². The summed E-state index contributed by atoms with van der Waals surface area (Å²) in [5.41, 5.74) is 2.47. The first-order chi connectivity index (χ1) is 13.7. The van der Waals surface area contributed by atoms with Crippen LogP contribution < -0.4 is 14.8 Å². The van der Waals surface area contributed by atoms with Crippen molar-refractivity contribution in [2.45, 2.75) is 38.3 Å². The van der Waals surface area contributed by atoms with Crippen molar-refractivity contribution in [2.24, 2.45) is 11.8 Å². The summed E-state index contributed by atoms with van der Waals surface area (Å²) in [5.74, 6) is 3.68. The average molecular weight is 383 g/mol. The maximum Gasteiger partial charge on any atom is 0.137 e. The fourth-order valence-corrected chi connectivity index (χ4v) is 4.05. The van der Waals surface area contributed by atoms with Crippen LogP contribution in [-0.2, 0) is 11.3 Å². The summed E-state index contributed by atoms with van der Waals surface area (Å²) in [5, 5.41) is 3.36. The molecule has 2 aliphatic rings. The van der Waals surface area contributed by atoms with Crippen molar-refractivity contribution in [2.75, 3.05) is 26.9 Å². The van der Waals surface area contributed by atoms with Crippen molar-refractivity contribution in [3.8, 4) is 11.5 Å². The fourth-order valence-electron chi connectivity index (χ4n) is 4.05. The lowest BCUT2D eigenvalue weighted by Crippen LogP contribution is -2.46. The number of rotatable bonds is 10. The Morgan fingerprint density at radius 1 is 1.14 bits per heavy atom. The molecule has 150 valence electrons. The molecule has 1 aliphatic heterocycles. The van der Waals surface area contributed by atoms with Crippen LogP contribution >= 0.6 is 0 Å². The molecule has 0 radical (unpaired) electrons. The molecule has 2 aromatic rings. The number of aromatic nitrogens is 1. The Morgan fingerprint density at radius 3 is 2.68 bits per heavy atom. The van der Waals surface area contributed by atoms with Crippen LogP contribution in [0, 0.1) is 11.8 Å². The highest BCUT2D eigenvalue weighted by Gasteiger charge is 2.47. The highest BCUT2D eigenvalue weighted by atomic mass is 16.5. The largest absolute Gasteiger partial charge is 0.497 e. The van der Waals surface area contributed by atoms with Gasteiger partial charge in [-0.25, -0.2) is 0 Å². The van der Waals surface area contributed by atoms with E-state index in [1.807, 2.05) is 24.5 Å². The predicted octanol–water partition coefficient (Wildman–Crippen LogP) is 3.79. The van der Waals surface area contributed by atoms with Crippen molar-refractivity contribution in [1.82, 2.24) is 10.3 Å². The van der Waals surface area contributed by atoms with E-state index in [1.165, 1.54) is 17.5 Å². The topological polar surface area (TPSA) is 52.6 Å². The molecule has 0 unspecified atom stereocenters. The SMILES string of the molecule is COc1ccc(COCC[C@H]2[C@H](C)[C@@H]2c2cncc(OC[C@@H]3CCN3)c2)cc1. The maximum atomic E-state index is 5.90. The molecular weight excluding hydrogens is 352 g/mol. The normalized spacial score (nSPS) is 25.8. The number of nitrogens with zero attached hydrogens (tertiary/aromatic N) is 1. The average Bonchev–Trinajstić information content (AvgIpc) is 3.34. The zero-order valence-corrected chi connectivity index (χ0v) is 16.8. The molecule has 1 saturated heterocycles. The lowest BCUT2D eigenvalue weighted by Gasteiger charge is -2.27. The van der Waals surface area contributed by atoms with Gasteiger partial charge in [0.1, 0.15) is 18.1 Å². The predicted molar refractivity (Wildman–Crippen MR) is 109 cm³/mol. The van der Waals surface area contributed by atoms with Crippen LogP contribution in [0.5, 0.6) is 11.5 Å². The summed E-state index contributed by atoms with van der Waals surface area (Å²) in [6, 6.07) is 10.7. The van der Waals surface area contributed by atoms with Gasteiger partial charge in [-0.15, -0.1) is 0 Å². The minimum absolute atomic E-state index is 0.499. The van der Waals surface area contributed by atoms with Crippen molar-refractivity contribution in [3.63, 3.8) is 0 Å². The number of nitrogens with one attached hydrogen (secondary N) is 1. The van der Waals surface area contributed by atoms with Crippen LogP contribution in [0.25, 0.3) is 0 Å². The van der Waals surface area contributed by atoms with E-state index in [0.717, 1.165) is 37.7 Å². The minimum atomic E-state index is 0.499. The Bertz CT molecular complexity index is 761. The van der Waals surface area contributed by atoms with Crippen LogP contribution in [0.1, 0.15) is 36.8 Å². The second kappa shape index (κ2) is 8.93. The van der Waals surface area contributed by atoms with E-state index in [0.29, 0.717) is 30.4 Å². The van der Waals surface area contributed by atoms with E-state index >= 15 is 0 Å². The third kappa shape index (κ3) is 4.65. The monoisotopic (exact) mass is 382 g/mol. The molecule has 4 atom stereocenters. The van der Waals surface area contributed by atoms with Crippen LogP contribution in [0.3, 0.4) is 0 Å². The zero-order valence-electron chi connectivity index (χ0n) is 16.8. The lowest BCUT2D eigenvalue weighted by atomic mass is 10.1. The quantitative estimate of drug-likeness (QED) is 0.634. The first-order valence-corrected chi connectivity index (χ1v) is 10.3. The first kappa shape index (κ1) is 19.2.